The van der Waals surface area contributed by atoms with Crippen LogP contribution in [0.1, 0.15) is 11.1 Å². The summed E-state index contributed by atoms with van der Waals surface area (Å²) in [5, 5.41) is 10.1. The summed E-state index contributed by atoms with van der Waals surface area (Å²) in [6.07, 6.45) is 1.90. The van der Waals surface area contributed by atoms with Crippen molar-refractivity contribution in [2.24, 2.45) is 0 Å². The summed E-state index contributed by atoms with van der Waals surface area (Å²) in [5.74, 6) is 0.0947. The molecule has 140 valence electrons. The second kappa shape index (κ2) is 7.56. The number of fused-ring (bicyclic) bond motifs is 1. The topological polar surface area (TPSA) is 51.5 Å². The van der Waals surface area contributed by atoms with Gasteiger partial charge in [-0.3, -0.25) is 4.79 Å². The number of benzene rings is 3. The maximum absolute atomic E-state index is 13.0. The second-order valence-electron chi connectivity index (χ2n) is 6.57. The van der Waals surface area contributed by atoms with Crippen LogP contribution in [0.5, 0.6) is 11.5 Å². The number of carboxylic acids is 1. The van der Waals surface area contributed by atoms with E-state index in [9.17, 15) is 9.18 Å². The van der Waals surface area contributed by atoms with Crippen LogP contribution in [0.3, 0.4) is 0 Å². The van der Waals surface area contributed by atoms with Gasteiger partial charge in [-0.2, -0.15) is 0 Å². The maximum Gasteiger partial charge on any atom is 0.307 e. The normalized spacial score (nSPS) is 10.9. The van der Waals surface area contributed by atoms with Crippen LogP contribution in [0.15, 0.2) is 79.0 Å². The molecular weight excluding hydrogens is 357 g/mol. The van der Waals surface area contributed by atoms with Crippen molar-refractivity contribution in [1.29, 1.82) is 0 Å². The lowest BCUT2D eigenvalue weighted by molar-refractivity contribution is -0.136. The van der Waals surface area contributed by atoms with Gasteiger partial charge in [-0.25, -0.2) is 4.39 Å². The molecule has 0 atom stereocenters. The summed E-state index contributed by atoms with van der Waals surface area (Å²) < 4.78 is 20.8. The number of ether oxygens (including phenoxy) is 1. The Labute approximate surface area is 161 Å². The summed E-state index contributed by atoms with van der Waals surface area (Å²) in [7, 11) is 0. The van der Waals surface area contributed by atoms with Crippen molar-refractivity contribution < 1.29 is 19.0 Å². The molecule has 0 aliphatic carbocycles. The van der Waals surface area contributed by atoms with Crippen molar-refractivity contribution in [2.45, 2.75) is 13.0 Å². The van der Waals surface area contributed by atoms with E-state index in [0.29, 0.717) is 18.0 Å². The van der Waals surface area contributed by atoms with Gasteiger partial charge in [0.25, 0.3) is 0 Å². The molecule has 0 aliphatic heterocycles. The zero-order valence-corrected chi connectivity index (χ0v) is 15.0. The Morgan fingerprint density at radius 3 is 2.25 bits per heavy atom. The number of rotatable bonds is 6. The summed E-state index contributed by atoms with van der Waals surface area (Å²) in [4.78, 5) is 11.1. The summed E-state index contributed by atoms with van der Waals surface area (Å²) >= 11 is 0. The highest BCUT2D eigenvalue weighted by atomic mass is 19.1. The van der Waals surface area contributed by atoms with Crippen molar-refractivity contribution in [3.63, 3.8) is 0 Å². The van der Waals surface area contributed by atoms with Gasteiger partial charge in [-0.05, 0) is 53.6 Å². The summed E-state index contributed by atoms with van der Waals surface area (Å²) in [6, 6.07) is 21.3. The lowest BCUT2D eigenvalue weighted by Crippen LogP contribution is -2.00. The van der Waals surface area contributed by atoms with Crippen molar-refractivity contribution in [3.05, 3.63) is 95.9 Å². The molecule has 0 fully saturated rings. The first kappa shape index (κ1) is 17.8. The van der Waals surface area contributed by atoms with Gasteiger partial charge in [0, 0.05) is 23.6 Å². The second-order valence-corrected chi connectivity index (χ2v) is 6.57. The quantitative estimate of drug-likeness (QED) is 0.501. The van der Waals surface area contributed by atoms with Crippen LogP contribution in [0.4, 0.5) is 4.39 Å². The first-order valence-corrected chi connectivity index (χ1v) is 8.89. The van der Waals surface area contributed by atoms with Crippen LogP contribution in [0.2, 0.25) is 0 Å². The van der Waals surface area contributed by atoms with E-state index >= 15 is 0 Å². The van der Waals surface area contributed by atoms with Gasteiger partial charge in [0.05, 0.1) is 6.42 Å². The fraction of sp³-hybridized carbons (Fsp3) is 0.0870. The summed E-state index contributed by atoms with van der Waals surface area (Å²) in [6.45, 7) is 0.622. The van der Waals surface area contributed by atoms with E-state index in [0.717, 1.165) is 22.0 Å². The molecule has 0 aliphatic rings. The minimum Gasteiger partial charge on any atom is -0.481 e. The Kier molecular flexibility index (Phi) is 4.81. The average molecular weight is 375 g/mol. The number of nitrogens with zero attached hydrogens (tertiary/aromatic N) is 1. The Bertz CT molecular complexity index is 1120. The number of carbonyl (C=O) groups is 1. The highest BCUT2D eigenvalue weighted by Crippen LogP contribution is 2.25. The lowest BCUT2D eigenvalue weighted by Gasteiger charge is -2.08. The molecular formula is C23H18FNO3. The fourth-order valence-electron chi connectivity index (χ4n) is 3.26. The van der Waals surface area contributed by atoms with Gasteiger partial charge in [-0.1, -0.05) is 30.3 Å². The van der Waals surface area contributed by atoms with E-state index in [1.807, 2.05) is 54.7 Å². The molecule has 0 radical (unpaired) electrons. The Hall–Kier alpha value is -3.60. The first-order valence-electron chi connectivity index (χ1n) is 8.89. The predicted octanol–water partition coefficient (Wildman–Crippen LogP) is 5.25. The van der Waals surface area contributed by atoms with Gasteiger partial charge in [0.15, 0.2) is 0 Å². The van der Waals surface area contributed by atoms with Crippen LogP contribution in [-0.2, 0) is 17.8 Å². The molecule has 1 heterocycles. The number of aliphatic carboxylic acids is 1. The largest absolute Gasteiger partial charge is 0.481 e. The Morgan fingerprint density at radius 2 is 1.57 bits per heavy atom. The molecule has 1 aromatic heterocycles. The fourth-order valence-corrected chi connectivity index (χ4v) is 3.26. The molecule has 4 aromatic rings. The van der Waals surface area contributed by atoms with E-state index in [1.54, 1.807) is 12.1 Å². The van der Waals surface area contributed by atoms with E-state index in [4.69, 9.17) is 9.84 Å². The van der Waals surface area contributed by atoms with Gasteiger partial charge in [-0.15, -0.1) is 0 Å². The number of halogens is 1. The van der Waals surface area contributed by atoms with Gasteiger partial charge >= 0.3 is 5.97 Å². The summed E-state index contributed by atoms with van der Waals surface area (Å²) in [5.41, 5.74) is 2.87. The van der Waals surface area contributed by atoms with Gasteiger partial charge in [0.2, 0.25) is 0 Å². The third-order valence-electron chi connectivity index (χ3n) is 4.54. The zero-order chi connectivity index (χ0) is 19.5. The minimum absolute atomic E-state index is 0.00202. The number of hydrogen-bond acceptors (Lipinski definition) is 2. The van der Waals surface area contributed by atoms with E-state index in [1.165, 1.54) is 12.1 Å². The average Bonchev–Trinajstić information content (AvgIpc) is 3.02. The first-order chi connectivity index (χ1) is 13.6. The highest BCUT2D eigenvalue weighted by molar-refractivity contribution is 5.87. The van der Waals surface area contributed by atoms with Crippen LogP contribution >= 0.6 is 0 Å². The molecule has 0 saturated heterocycles. The van der Waals surface area contributed by atoms with Crippen molar-refractivity contribution in [3.8, 4) is 11.5 Å². The third kappa shape index (κ3) is 3.88. The van der Waals surface area contributed by atoms with Crippen LogP contribution in [0.25, 0.3) is 10.9 Å². The standard InChI is InChI=1S/C23H18FNO3/c24-18-7-11-20(12-8-18)28-19-9-5-16(6-10-19)14-25-15-17(13-23(26)27)21-3-1-2-4-22(21)25/h1-12,15H,13-14H2,(H,26,27). The molecule has 4 nitrogen and oxygen atoms in total. The molecule has 0 bridgehead atoms. The van der Waals surface area contributed by atoms with E-state index < -0.39 is 5.97 Å². The van der Waals surface area contributed by atoms with Crippen LogP contribution in [0, 0.1) is 5.82 Å². The molecule has 4 rings (SSSR count). The maximum atomic E-state index is 13.0. The third-order valence-corrected chi connectivity index (χ3v) is 4.54. The predicted molar refractivity (Wildman–Crippen MR) is 105 cm³/mol. The number of para-hydroxylation sites is 1. The lowest BCUT2D eigenvalue weighted by atomic mass is 10.1. The molecule has 0 spiro atoms. The monoisotopic (exact) mass is 375 g/mol. The smallest absolute Gasteiger partial charge is 0.307 e. The molecule has 0 amide bonds. The van der Waals surface area contributed by atoms with E-state index in [2.05, 4.69) is 4.57 Å². The Morgan fingerprint density at radius 1 is 0.929 bits per heavy atom. The number of hydrogen-bond donors (Lipinski definition) is 1. The van der Waals surface area contributed by atoms with Crippen molar-refractivity contribution >= 4 is 16.9 Å². The van der Waals surface area contributed by atoms with Crippen molar-refractivity contribution in [2.75, 3.05) is 0 Å². The molecule has 28 heavy (non-hydrogen) atoms. The molecule has 1 N–H and O–H groups in total. The van der Waals surface area contributed by atoms with Crippen LogP contribution in [-0.4, -0.2) is 15.6 Å². The van der Waals surface area contributed by atoms with E-state index in [-0.39, 0.29) is 12.2 Å². The van der Waals surface area contributed by atoms with Crippen LogP contribution < -0.4 is 4.74 Å². The van der Waals surface area contributed by atoms with Gasteiger partial charge < -0.3 is 14.4 Å². The molecule has 0 unspecified atom stereocenters. The number of carboxylic acid groups (broad SMARTS) is 1. The minimum atomic E-state index is -0.842. The molecule has 3 aromatic carbocycles. The Balaban J connectivity index is 1.54. The molecule has 0 saturated carbocycles. The number of aromatic nitrogens is 1. The van der Waals surface area contributed by atoms with Crippen molar-refractivity contribution in [1.82, 2.24) is 4.57 Å². The molecule has 5 heteroatoms. The highest BCUT2D eigenvalue weighted by Gasteiger charge is 2.11. The van der Waals surface area contributed by atoms with Gasteiger partial charge in [0.1, 0.15) is 17.3 Å². The zero-order valence-electron chi connectivity index (χ0n) is 15.0. The SMILES string of the molecule is O=C(O)Cc1cn(Cc2ccc(Oc3ccc(F)cc3)cc2)c2ccccc12.